The Balaban J connectivity index is 3.76. The third-order valence-corrected chi connectivity index (χ3v) is 20.1. The number of carbonyl (C=O) groups is 1. The van der Waals surface area contributed by atoms with E-state index in [0.29, 0.717) is 19.6 Å². The van der Waals surface area contributed by atoms with E-state index in [1.165, 1.54) is 6.92 Å². The summed E-state index contributed by atoms with van der Waals surface area (Å²) in [5.74, 6) is -0.688. The monoisotopic (exact) mass is 709 g/mol. The number of carbonyl (C=O) groups excluding carboxylic acids is 1. The van der Waals surface area contributed by atoms with Crippen molar-refractivity contribution < 1.29 is 50.8 Å². The number of quaternary nitrogens is 1. The highest BCUT2D eigenvalue weighted by Crippen LogP contribution is 2.57. The lowest BCUT2D eigenvalue weighted by Gasteiger charge is -2.43. The van der Waals surface area contributed by atoms with E-state index in [1.807, 2.05) is 20.8 Å². The molecule has 10 nitrogen and oxygen atoms in total. The molecule has 1 aromatic carbocycles. The standard InChI is InChI=1S/C33H65NO9PSi2/c1-16-34(17-2,18-3)43-44(37,38-11)41-29(33(10,36)26-39-30(35)27-22-20-19-21-23-27)24-28(42-46(14,15)32(7,8)9)25-40-45(12,13)31(4,5)6/h19-23,28-29,36H,16-18,24-26H2,1-15H3/q+2/t28-,29-,33-,44?/m1/s1/i11D3. The fourth-order valence-electron chi connectivity index (χ4n) is 4.14. The molecule has 0 saturated carbocycles. The molecule has 267 valence electrons. The minimum atomic E-state index is -4.96. The molecule has 0 aromatic heterocycles. The van der Waals surface area contributed by atoms with Crippen molar-refractivity contribution in [3.8, 4) is 0 Å². The summed E-state index contributed by atoms with van der Waals surface area (Å²) in [6.07, 6.45) is -2.27. The molecule has 0 spiro atoms. The Hall–Kier alpha value is -0.766. The van der Waals surface area contributed by atoms with Gasteiger partial charge in [-0.25, -0.2) is 0 Å². The number of esters is 1. The summed E-state index contributed by atoms with van der Waals surface area (Å²) in [4.78, 5) is 27.4. The van der Waals surface area contributed by atoms with Gasteiger partial charge in [0, 0.05) is 11.0 Å². The zero-order chi connectivity index (χ0) is 38.3. The average Bonchev–Trinajstić information content (AvgIpc) is 2.95. The highest BCUT2D eigenvalue weighted by atomic mass is 31.2. The van der Waals surface area contributed by atoms with Gasteiger partial charge in [-0.05, 0) is 76.1 Å². The zero-order valence-electron chi connectivity index (χ0n) is 33.9. The largest absolute Gasteiger partial charge is 0.607 e. The number of hydroxylamine groups is 3. The normalized spacial score (nSPS) is 18.8. The van der Waals surface area contributed by atoms with E-state index >= 15 is 0 Å². The number of ether oxygens (including phenoxy) is 1. The van der Waals surface area contributed by atoms with Gasteiger partial charge in [-0.3, -0.25) is 0 Å². The van der Waals surface area contributed by atoms with Crippen molar-refractivity contribution in [2.45, 2.75) is 130 Å². The Morgan fingerprint density at radius 2 is 1.48 bits per heavy atom. The van der Waals surface area contributed by atoms with Crippen LogP contribution in [0.25, 0.3) is 0 Å². The number of hydrogen-bond acceptors (Lipinski definition) is 9. The van der Waals surface area contributed by atoms with Gasteiger partial charge in [-0.1, -0.05) is 59.7 Å². The maximum absolute atomic E-state index is 14.5. The molecule has 0 fully saturated rings. The molecule has 1 rings (SSSR count). The Bertz CT molecular complexity index is 1170. The lowest BCUT2D eigenvalue weighted by atomic mass is 9.95. The topological polar surface area (TPSA) is 119 Å². The van der Waals surface area contributed by atoms with Crippen molar-refractivity contribution >= 4 is 30.8 Å². The van der Waals surface area contributed by atoms with Crippen LogP contribution in [0, 0.1) is 0 Å². The van der Waals surface area contributed by atoms with Crippen molar-refractivity contribution in [3.05, 3.63) is 35.9 Å². The SMILES string of the molecule is [2H]C([2H])([2H])O[P+]([O-])(O[C@H](C[C@H](CO[Si](C)(C)C(C)(C)C)O[Si](C)(C)C(C)(C)C)[C@](C)(O)COC(=[O+])c1ccccc1)O[N+](CC)(CC)CC. The highest BCUT2D eigenvalue weighted by molar-refractivity contribution is 7.53. The fourth-order valence-corrected chi connectivity index (χ4v) is 8.04. The van der Waals surface area contributed by atoms with Crippen LogP contribution in [0.5, 0.6) is 0 Å². The number of aliphatic hydroxyl groups is 1. The van der Waals surface area contributed by atoms with Crippen LogP contribution in [0.1, 0.15) is 90.1 Å². The lowest BCUT2D eigenvalue weighted by molar-refractivity contribution is -1.08. The summed E-state index contributed by atoms with van der Waals surface area (Å²) < 4.78 is 59.5. The highest BCUT2D eigenvalue weighted by Gasteiger charge is 2.53. The molecule has 0 amide bonds. The Morgan fingerprint density at radius 3 is 1.93 bits per heavy atom. The van der Waals surface area contributed by atoms with E-state index in [0.717, 1.165) is 0 Å². The van der Waals surface area contributed by atoms with E-state index < -0.39 is 62.2 Å². The van der Waals surface area contributed by atoms with Gasteiger partial charge in [-0.15, -0.1) is 4.65 Å². The molecule has 0 saturated heterocycles. The third kappa shape index (κ3) is 12.3. The van der Waals surface area contributed by atoms with Gasteiger partial charge < -0.3 is 23.6 Å². The minimum Gasteiger partial charge on any atom is -0.601 e. The quantitative estimate of drug-likeness (QED) is 0.0395. The second kappa shape index (κ2) is 16.8. The van der Waals surface area contributed by atoms with E-state index in [9.17, 15) is 14.8 Å². The van der Waals surface area contributed by atoms with Gasteiger partial charge in [0.1, 0.15) is 31.3 Å². The molecule has 4 atom stereocenters. The van der Waals surface area contributed by atoms with Crippen molar-refractivity contribution in [2.75, 3.05) is 39.9 Å². The van der Waals surface area contributed by atoms with Crippen molar-refractivity contribution in [1.29, 1.82) is 0 Å². The molecule has 0 aliphatic rings. The first kappa shape index (κ1) is 38.0. The molecule has 1 N–H and O–H groups in total. The van der Waals surface area contributed by atoms with Crippen molar-refractivity contribution in [1.82, 2.24) is 0 Å². The van der Waals surface area contributed by atoms with E-state index in [4.69, 9.17) is 31.4 Å². The first-order valence-electron chi connectivity index (χ1n) is 17.8. The van der Waals surface area contributed by atoms with E-state index in [-0.39, 0.29) is 33.3 Å². The van der Waals surface area contributed by atoms with Crippen LogP contribution in [0.3, 0.4) is 0 Å². The molecular weight excluding hydrogens is 642 g/mol. The number of hydrogen-bond donors (Lipinski definition) is 1. The average molecular weight is 710 g/mol. The fraction of sp³-hybridized carbons (Fsp3) is 0.788. The van der Waals surface area contributed by atoms with Gasteiger partial charge in [-0.2, -0.15) is 9.05 Å². The summed E-state index contributed by atoms with van der Waals surface area (Å²) in [6.45, 7) is 28.4. The second-order valence-electron chi connectivity index (χ2n) is 15.3. The van der Waals surface area contributed by atoms with E-state index in [2.05, 4.69) is 67.7 Å². The molecule has 46 heavy (non-hydrogen) atoms. The molecular formula is C33H65NO9PSi2+2. The Kier molecular flexibility index (Phi) is 13.9. The summed E-state index contributed by atoms with van der Waals surface area (Å²) in [5, 5.41) is 11.7. The van der Waals surface area contributed by atoms with Crippen LogP contribution < -0.4 is 4.89 Å². The Labute approximate surface area is 286 Å². The molecule has 0 bridgehead atoms. The molecule has 13 heteroatoms. The van der Waals surface area contributed by atoms with Gasteiger partial charge in [0.2, 0.25) is 6.61 Å². The second-order valence-corrected chi connectivity index (χ2v) is 26.3. The van der Waals surface area contributed by atoms with Crippen LogP contribution in [0.2, 0.25) is 36.3 Å². The van der Waals surface area contributed by atoms with Crippen LogP contribution in [0.15, 0.2) is 30.3 Å². The molecule has 1 radical (unpaired) electrons. The van der Waals surface area contributed by atoms with Crippen LogP contribution in [0.4, 0.5) is 0 Å². The van der Waals surface area contributed by atoms with Gasteiger partial charge in [0.05, 0.1) is 28.7 Å². The number of benzene rings is 1. The Morgan fingerprint density at radius 1 is 0.957 bits per heavy atom. The minimum absolute atomic E-state index is 0.111. The first-order valence-corrected chi connectivity index (χ1v) is 23.6. The summed E-state index contributed by atoms with van der Waals surface area (Å²) in [5.41, 5.74) is -1.75. The first-order chi connectivity index (χ1) is 22.0. The van der Waals surface area contributed by atoms with Crippen LogP contribution in [-0.2, 0) is 27.3 Å². The van der Waals surface area contributed by atoms with Gasteiger partial charge in [0.15, 0.2) is 22.2 Å². The predicted octanol–water partition coefficient (Wildman–Crippen LogP) is 7.27. The molecule has 0 aliphatic carbocycles. The maximum Gasteiger partial charge on any atom is 0.607 e. The number of rotatable bonds is 19. The van der Waals surface area contributed by atoms with Crippen molar-refractivity contribution in [2.24, 2.45) is 0 Å². The summed E-state index contributed by atoms with van der Waals surface area (Å²) in [7, 11) is -12.9. The molecule has 1 unspecified atom stereocenters. The van der Waals surface area contributed by atoms with E-state index in [1.54, 1.807) is 30.3 Å². The maximum atomic E-state index is 14.5. The smallest absolute Gasteiger partial charge is 0.601 e. The van der Waals surface area contributed by atoms with Gasteiger partial charge >= 0.3 is 14.1 Å². The number of phosphoric ester groups is 1. The molecule has 0 heterocycles. The van der Waals surface area contributed by atoms with Crippen molar-refractivity contribution in [3.63, 3.8) is 0 Å². The third-order valence-electron chi connectivity index (χ3n) is 9.75. The van der Waals surface area contributed by atoms with Crippen LogP contribution in [-0.4, -0.2) is 90.1 Å². The molecule has 1 aromatic rings. The lowest BCUT2D eigenvalue weighted by Crippen LogP contribution is -2.53. The number of nitrogens with zero attached hydrogens (tertiary/aromatic N) is 1. The summed E-state index contributed by atoms with van der Waals surface area (Å²) in [6, 6.07) is 8.29. The molecule has 0 aliphatic heterocycles. The summed E-state index contributed by atoms with van der Waals surface area (Å²) >= 11 is 0. The number of phosphoric acid groups is 1. The zero-order valence-corrected chi connectivity index (χ0v) is 33.8. The van der Waals surface area contributed by atoms with Gasteiger partial charge in [0.25, 0.3) is 0 Å². The predicted molar refractivity (Wildman–Crippen MR) is 189 cm³/mol. The van der Waals surface area contributed by atoms with Crippen LogP contribution >= 0.6 is 8.17 Å².